The average molecular weight is 578 g/mol. The SMILES string of the molecule is COc1ccc(I)c(C(/C(=C/C(=O)O)C(=O)O)C(C)NCCc2ccc(Cl)c(Cl)c2)c1. The molecule has 166 valence electrons. The first-order valence-corrected chi connectivity index (χ1v) is 11.2. The van der Waals surface area contributed by atoms with Crippen LogP contribution in [-0.4, -0.2) is 41.8 Å². The van der Waals surface area contributed by atoms with Gasteiger partial charge in [0.05, 0.1) is 22.7 Å². The third-order valence-corrected chi connectivity index (χ3v) is 6.48. The fraction of sp³-hybridized carbons (Fsp3) is 0.273. The van der Waals surface area contributed by atoms with Crippen molar-refractivity contribution in [2.45, 2.75) is 25.3 Å². The van der Waals surface area contributed by atoms with Gasteiger partial charge in [0.2, 0.25) is 0 Å². The minimum Gasteiger partial charge on any atom is -0.497 e. The van der Waals surface area contributed by atoms with Gasteiger partial charge in [0, 0.05) is 21.6 Å². The van der Waals surface area contributed by atoms with E-state index in [-0.39, 0.29) is 11.6 Å². The molecule has 0 saturated carbocycles. The predicted molar refractivity (Wildman–Crippen MR) is 129 cm³/mol. The van der Waals surface area contributed by atoms with E-state index in [0.29, 0.717) is 34.3 Å². The van der Waals surface area contributed by atoms with E-state index in [4.69, 9.17) is 27.9 Å². The lowest BCUT2D eigenvalue weighted by atomic mass is 9.84. The molecule has 2 atom stereocenters. The van der Waals surface area contributed by atoms with Gasteiger partial charge in [0.15, 0.2) is 0 Å². The average Bonchev–Trinajstić information content (AvgIpc) is 2.71. The number of ether oxygens (including phenoxy) is 1. The highest BCUT2D eigenvalue weighted by Gasteiger charge is 2.30. The summed E-state index contributed by atoms with van der Waals surface area (Å²) in [6.45, 7) is 2.35. The van der Waals surface area contributed by atoms with E-state index in [2.05, 4.69) is 27.9 Å². The molecule has 0 fully saturated rings. The molecule has 2 aromatic rings. The fourth-order valence-corrected chi connectivity index (χ4v) is 4.26. The number of halogens is 3. The zero-order valence-electron chi connectivity index (χ0n) is 16.9. The lowest BCUT2D eigenvalue weighted by molar-refractivity contribution is -0.135. The van der Waals surface area contributed by atoms with Crippen LogP contribution in [0.3, 0.4) is 0 Å². The number of aliphatic carboxylic acids is 2. The first kappa shape index (κ1) is 25.5. The van der Waals surface area contributed by atoms with Crippen molar-refractivity contribution in [1.29, 1.82) is 0 Å². The van der Waals surface area contributed by atoms with Crippen LogP contribution in [-0.2, 0) is 16.0 Å². The quantitative estimate of drug-likeness (QED) is 0.271. The van der Waals surface area contributed by atoms with Crippen LogP contribution in [0.15, 0.2) is 48.0 Å². The van der Waals surface area contributed by atoms with Crippen LogP contribution in [0.25, 0.3) is 0 Å². The van der Waals surface area contributed by atoms with Gasteiger partial charge < -0.3 is 20.3 Å². The number of benzene rings is 2. The molecule has 31 heavy (non-hydrogen) atoms. The normalized spacial score (nSPS) is 13.5. The number of carboxylic acid groups (broad SMARTS) is 2. The Bertz CT molecular complexity index is 996. The standard InChI is InChI=1S/C22H22Cl2INO5/c1-12(26-8-7-13-3-5-17(23)18(24)9-13)21(16(22(29)30)11-20(27)28)15-10-14(31-2)4-6-19(15)25/h3-6,9-12,21,26H,7-8H2,1-2H3,(H,27,28)(H,29,30)/b16-11-. The topological polar surface area (TPSA) is 95.9 Å². The summed E-state index contributed by atoms with van der Waals surface area (Å²) < 4.78 is 6.10. The molecule has 0 spiro atoms. The lowest BCUT2D eigenvalue weighted by Gasteiger charge is -2.27. The summed E-state index contributed by atoms with van der Waals surface area (Å²) in [6.07, 6.45) is 1.38. The Kier molecular flexibility index (Phi) is 9.61. The van der Waals surface area contributed by atoms with Crippen LogP contribution in [0.2, 0.25) is 10.0 Å². The summed E-state index contributed by atoms with van der Waals surface area (Å²) in [5, 5.41) is 23.3. The van der Waals surface area contributed by atoms with Gasteiger partial charge in [-0.2, -0.15) is 0 Å². The van der Waals surface area contributed by atoms with Gasteiger partial charge >= 0.3 is 11.9 Å². The summed E-state index contributed by atoms with van der Waals surface area (Å²) in [5.41, 5.74) is 1.43. The Morgan fingerprint density at radius 2 is 1.87 bits per heavy atom. The van der Waals surface area contributed by atoms with Crippen molar-refractivity contribution >= 4 is 57.7 Å². The molecule has 2 rings (SSSR count). The molecule has 0 aliphatic heterocycles. The molecule has 0 aliphatic carbocycles. The maximum atomic E-state index is 12.0. The number of carboxylic acids is 2. The number of methoxy groups -OCH3 is 1. The zero-order chi connectivity index (χ0) is 23.1. The van der Waals surface area contributed by atoms with Gasteiger partial charge in [-0.1, -0.05) is 29.3 Å². The molecule has 6 nitrogen and oxygen atoms in total. The van der Waals surface area contributed by atoms with Gasteiger partial charge in [0.1, 0.15) is 5.75 Å². The molecule has 0 aliphatic rings. The van der Waals surface area contributed by atoms with Crippen molar-refractivity contribution in [2.24, 2.45) is 0 Å². The number of hydrogen-bond donors (Lipinski definition) is 3. The number of nitrogens with one attached hydrogen (secondary N) is 1. The second-order valence-corrected chi connectivity index (χ2v) is 8.83. The smallest absolute Gasteiger partial charge is 0.332 e. The Labute approximate surface area is 204 Å². The van der Waals surface area contributed by atoms with E-state index in [1.807, 2.05) is 19.1 Å². The van der Waals surface area contributed by atoms with Crippen molar-refractivity contribution in [2.75, 3.05) is 13.7 Å². The Hall–Kier alpha value is -1.81. The molecule has 0 heterocycles. The third-order valence-electron chi connectivity index (χ3n) is 4.76. The molecule has 0 bridgehead atoms. The first-order valence-electron chi connectivity index (χ1n) is 9.32. The molecule has 2 unspecified atom stereocenters. The van der Waals surface area contributed by atoms with E-state index in [1.165, 1.54) is 7.11 Å². The van der Waals surface area contributed by atoms with Crippen LogP contribution in [0.1, 0.15) is 24.0 Å². The molecule has 9 heteroatoms. The van der Waals surface area contributed by atoms with Gasteiger partial charge in [-0.05, 0) is 83.9 Å². The predicted octanol–water partition coefficient (Wildman–Crippen LogP) is 5.01. The monoisotopic (exact) mass is 577 g/mol. The summed E-state index contributed by atoms with van der Waals surface area (Å²) in [6, 6.07) is 10.3. The van der Waals surface area contributed by atoms with Gasteiger partial charge in [-0.3, -0.25) is 0 Å². The van der Waals surface area contributed by atoms with Crippen LogP contribution in [0.5, 0.6) is 5.75 Å². The molecule has 0 amide bonds. The summed E-state index contributed by atoms with van der Waals surface area (Å²) in [4.78, 5) is 23.3. The van der Waals surface area contributed by atoms with Gasteiger partial charge in [-0.25, -0.2) is 9.59 Å². The van der Waals surface area contributed by atoms with Crippen molar-refractivity contribution in [3.8, 4) is 5.75 Å². The molecular formula is C22H22Cl2INO5. The van der Waals surface area contributed by atoms with Crippen LogP contribution < -0.4 is 10.1 Å². The number of hydrogen-bond acceptors (Lipinski definition) is 4. The second-order valence-electron chi connectivity index (χ2n) is 6.85. The van der Waals surface area contributed by atoms with Crippen LogP contribution in [0.4, 0.5) is 0 Å². The first-order chi connectivity index (χ1) is 14.6. The summed E-state index contributed by atoms with van der Waals surface area (Å²) in [7, 11) is 1.52. The Morgan fingerprint density at radius 3 is 2.45 bits per heavy atom. The van der Waals surface area contributed by atoms with Crippen LogP contribution >= 0.6 is 45.8 Å². The largest absolute Gasteiger partial charge is 0.497 e. The van der Waals surface area contributed by atoms with E-state index in [1.54, 1.807) is 24.3 Å². The molecule has 2 aromatic carbocycles. The number of carbonyl (C=O) groups is 2. The lowest BCUT2D eigenvalue weighted by Crippen LogP contribution is -2.36. The zero-order valence-corrected chi connectivity index (χ0v) is 20.5. The maximum Gasteiger partial charge on any atom is 0.332 e. The van der Waals surface area contributed by atoms with E-state index < -0.39 is 17.9 Å². The Morgan fingerprint density at radius 1 is 1.16 bits per heavy atom. The van der Waals surface area contributed by atoms with E-state index in [9.17, 15) is 19.8 Å². The van der Waals surface area contributed by atoms with Crippen molar-refractivity contribution in [1.82, 2.24) is 5.32 Å². The molecule has 0 aromatic heterocycles. The summed E-state index contributed by atoms with van der Waals surface area (Å²) in [5.74, 6) is -2.76. The van der Waals surface area contributed by atoms with Crippen molar-refractivity contribution in [3.05, 3.63) is 72.8 Å². The maximum absolute atomic E-state index is 12.0. The van der Waals surface area contributed by atoms with Gasteiger partial charge in [-0.15, -0.1) is 0 Å². The van der Waals surface area contributed by atoms with E-state index >= 15 is 0 Å². The number of rotatable bonds is 10. The highest BCUT2D eigenvalue weighted by molar-refractivity contribution is 14.1. The second kappa shape index (κ2) is 11.7. The Balaban J connectivity index is 2.34. The van der Waals surface area contributed by atoms with Crippen molar-refractivity contribution in [3.63, 3.8) is 0 Å². The van der Waals surface area contributed by atoms with Gasteiger partial charge in [0.25, 0.3) is 0 Å². The molecule has 0 saturated heterocycles. The molecule has 0 radical (unpaired) electrons. The molecular weight excluding hydrogens is 556 g/mol. The molecule has 3 N–H and O–H groups in total. The van der Waals surface area contributed by atoms with Crippen molar-refractivity contribution < 1.29 is 24.5 Å². The fourth-order valence-electron chi connectivity index (χ4n) is 3.27. The van der Waals surface area contributed by atoms with Crippen LogP contribution in [0, 0.1) is 3.57 Å². The highest BCUT2D eigenvalue weighted by Crippen LogP contribution is 2.34. The minimum absolute atomic E-state index is 0.215. The minimum atomic E-state index is -1.32. The third kappa shape index (κ3) is 7.10. The van der Waals surface area contributed by atoms with E-state index in [0.717, 1.165) is 15.2 Å². The highest BCUT2D eigenvalue weighted by atomic mass is 127. The summed E-state index contributed by atoms with van der Waals surface area (Å²) >= 11 is 14.1.